The molecular formula is C23H28ClNO2. The summed E-state index contributed by atoms with van der Waals surface area (Å²) in [7, 11) is 4.17. The van der Waals surface area contributed by atoms with E-state index in [0.29, 0.717) is 16.5 Å². The van der Waals surface area contributed by atoms with Crippen molar-refractivity contribution in [2.75, 3.05) is 14.1 Å². The van der Waals surface area contributed by atoms with Gasteiger partial charge in [-0.05, 0) is 87.5 Å². The summed E-state index contributed by atoms with van der Waals surface area (Å²) in [5, 5.41) is 0.670. The van der Waals surface area contributed by atoms with Gasteiger partial charge in [0.25, 0.3) is 0 Å². The number of rotatable bonds is 5. The topological polar surface area (TPSA) is 29.5 Å². The second kappa shape index (κ2) is 8.90. The van der Waals surface area contributed by atoms with E-state index in [-0.39, 0.29) is 12.1 Å². The molecular weight excluding hydrogens is 358 g/mol. The molecule has 0 amide bonds. The summed E-state index contributed by atoms with van der Waals surface area (Å²) in [6.07, 6.45) is 3.97. The van der Waals surface area contributed by atoms with Gasteiger partial charge in [0.2, 0.25) is 0 Å². The third kappa shape index (κ3) is 5.33. The highest BCUT2D eigenvalue weighted by atomic mass is 35.5. The smallest absolute Gasteiger partial charge is 0.338 e. The summed E-state index contributed by atoms with van der Waals surface area (Å²) >= 11 is 6.03. The van der Waals surface area contributed by atoms with E-state index in [9.17, 15) is 4.79 Å². The number of esters is 1. The van der Waals surface area contributed by atoms with E-state index in [4.69, 9.17) is 16.3 Å². The summed E-state index contributed by atoms with van der Waals surface area (Å²) in [6.45, 7) is 2.86. The van der Waals surface area contributed by atoms with Gasteiger partial charge in [0, 0.05) is 11.6 Å². The summed E-state index contributed by atoms with van der Waals surface area (Å²) in [4.78, 5) is 14.6. The fraction of sp³-hybridized carbons (Fsp3) is 0.435. The Morgan fingerprint density at radius 1 is 1.07 bits per heavy atom. The van der Waals surface area contributed by atoms with Crippen LogP contribution in [-0.2, 0) is 11.3 Å². The van der Waals surface area contributed by atoms with Gasteiger partial charge in [-0.15, -0.1) is 0 Å². The molecule has 144 valence electrons. The molecule has 2 aromatic rings. The first-order chi connectivity index (χ1) is 12.9. The van der Waals surface area contributed by atoms with E-state index in [1.165, 1.54) is 11.1 Å². The Hall–Kier alpha value is -1.84. The van der Waals surface area contributed by atoms with Crippen molar-refractivity contribution in [1.82, 2.24) is 4.90 Å². The summed E-state index contributed by atoms with van der Waals surface area (Å²) < 4.78 is 5.73. The lowest BCUT2D eigenvalue weighted by atomic mass is 9.82. The van der Waals surface area contributed by atoms with E-state index in [1.807, 2.05) is 6.92 Å². The maximum absolute atomic E-state index is 12.4. The van der Waals surface area contributed by atoms with E-state index in [1.54, 1.807) is 18.2 Å². The summed E-state index contributed by atoms with van der Waals surface area (Å²) in [6, 6.07) is 14.3. The van der Waals surface area contributed by atoms with Crippen LogP contribution in [0, 0.1) is 6.92 Å². The molecule has 2 aromatic carbocycles. The number of hydrogen-bond acceptors (Lipinski definition) is 3. The standard InChI is InChI=1S/C23H28ClNO2/c1-16-14-20(10-13-22(16)24)23(26)27-21-11-8-19(9-12-21)18-6-4-17(5-7-18)15-25(2)3/h4-7,10,13-14,19,21H,8-9,11-12,15H2,1-3H3/t19-,21-. The maximum Gasteiger partial charge on any atom is 0.338 e. The van der Waals surface area contributed by atoms with E-state index in [0.717, 1.165) is 37.8 Å². The lowest BCUT2D eigenvalue weighted by Crippen LogP contribution is -2.24. The van der Waals surface area contributed by atoms with Gasteiger partial charge < -0.3 is 9.64 Å². The molecule has 0 N–H and O–H groups in total. The second-order valence-electron chi connectivity index (χ2n) is 7.82. The maximum atomic E-state index is 12.4. The van der Waals surface area contributed by atoms with Crippen LogP contribution >= 0.6 is 11.6 Å². The lowest BCUT2D eigenvalue weighted by molar-refractivity contribution is 0.0195. The van der Waals surface area contributed by atoms with Gasteiger partial charge in [-0.1, -0.05) is 35.9 Å². The zero-order valence-electron chi connectivity index (χ0n) is 16.4. The molecule has 3 nitrogen and oxygen atoms in total. The highest BCUT2D eigenvalue weighted by Crippen LogP contribution is 2.34. The number of ether oxygens (including phenoxy) is 1. The van der Waals surface area contributed by atoms with Gasteiger partial charge in [-0.3, -0.25) is 0 Å². The predicted octanol–water partition coefficient (Wildman–Crippen LogP) is 5.59. The third-order valence-corrected chi connectivity index (χ3v) is 5.72. The number of benzene rings is 2. The van der Waals surface area contributed by atoms with E-state index >= 15 is 0 Å². The van der Waals surface area contributed by atoms with Crippen LogP contribution in [0.5, 0.6) is 0 Å². The highest BCUT2D eigenvalue weighted by molar-refractivity contribution is 6.31. The van der Waals surface area contributed by atoms with Crippen molar-refractivity contribution in [1.29, 1.82) is 0 Å². The molecule has 1 aliphatic carbocycles. The quantitative estimate of drug-likeness (QED) is 0.628. The van der Waals surface area contributed by atoms with Crippen molar-refractivity contribution in [2.45, 2.75) is 51.2 Å². The monoisotopic (exact) mass is 385 g/mol. The fourth-order valence-electron chi connectivity index (χ4n) is 3.77. The van der Waals surface area contributed by atoms with Crippen molar-refractivity contribution in [3.8, 4) is 0 Å². The molecule has 0 bridgehead atoms. The Balaban J connectivity index is 1.52. The number of carbonyl (C=O) groups excluding carboxylic acids is 1. The van der Waals surface area contributed by atoms with Gasteiger partial charge in [-0.25, -0.2) is 4.79 Å². The first-order valence-corrected chi connectivity index (χ1v) is 10.0. The third-order valence-electron chi connectivity index (χ3n) is 5.29. The average Bonchev–Trinajstić information content (AvgIpc) is 2.65. The zero-order valence-corrected chi connectivity index (χ0v) is 17.1. The molecule has 0 aliphatic heterocycles. The van der Waals surface area contributed by atoms with Crippen LogP contribution in [-0.4, -0.2) is 31.1 Å². The Bertz CT molecular complexity index is 777. The molecule has 0 unspecified atom stereocenters. The van der Waals surface area contributed by atoms with Crippen LogP contribution in [0.3, 0.4) is 0 Å². The minimum atomic E-state index is -0.244. The van der Waals surface area contributed by atoms with Crippen LogP contribution in [0.2, 0.25) is 5.02 Å². The molecule has 1 saturated carbocycles. The van der Waals surface area contributed by atoms with Crippen LogP contribution in [0.25, 0.3) is 0 Å². The normalized spacial score (nSPS) is 19.9. The Morgan fingerprint density at radius 2 is 1.74 bits per heavy atom. The van der Waals surface area contributed by atoms with Crippen LogP contribution in [0.15, 0.2) is 42.5 Å². The molecule has 0 saturated heterocycles. The van der Waals surface area contributed by atoms with Crippen molar-refractivity contribution in [3.63, 3.8) is 0 Å². The van der Waals surface area contributed by atoms with Crippen LogP contribution in [0.4, 0.5) is 0 Å². The molecule has 0 atom stereocenters. The number of nitrogens with zero attached hydrogens (tertiary/aromatic N) is 1. The summed E-state index contributed by atoms with van der Waals surface area (Å²) in [5.74, 6) is 0.317. The lowest BCUT2D eigenvalue weighted by Gasteiger charge is -2.28. The first kappa shape index (κ1) is 19.9. The molecule has 0 heterocycles. The van der Waals surface area contributed by atoms with E-state index in [2.05, 4.69) is 43.3 Å². The number of halogens is 1. The van der Waals surface area contributed by atoms with Crippen molar-refractivity contribution < 1.29 is 9.53 Å². The van der Waals surface area contributed by atoms with Gasteiger partial charge in [0.05, 0.1) is 5.56 Å². The SMILES string of the molecule is Cc1cc(C(=O)O[C@H]2CC[C@H](c3ccc(CN(C)C)cc3)CC2)ccc1Cl. The van der Waals surface area contributed by atoms with Gasteiger partial charge >= 0.3 is 5.97 Å². The molecule has 1 aliphatic rings. The van der Waals surface area contributed by atoms with Gasteiger partial charge in [0.15, 0.2) is 0 Å². The van der Waals surface area contributed by atoms with Crippen LogP contribution in [0.1, 0.15) is 58.6 Å². The molecule has 0 aromatic heterocycles. The second-order valence-corrected chi connectivity index (χ2v) is 8.23. The Labute approximate surface area is 167 Å². The predicted molar refractivity (Wildman–Crippen MR) is 110 cm³/mol. The number of hydrogen-bond donors (Lipinski definition) is 0. The van der Waals surface area contributed by atoms with Crippen molar-refractivity contribution in [2.24, 2.45) is 0 Å². The Kier molecular flexibility index (Phi) is 6.56. The zero-order chi connectivity index (χ0) is 19.4. The first-order valence-electron chi connectivity index (χ1n) is 9.63. The van der Waals surface area contributed by atoms with Gasteiger partial charge in [-0.2, -0.15) is 0 Å². The average molecular weight is 386 g/mol. The van der Waals surface area contributed by atoms with Crippen molar-refractivity contribution >= 4 is 17.6 Å². The fourth-order valence-corrected chi connectivity index (χ4v) is 3.88. The molecule has 0 spiro atoms. The molecule has 27 heavy (non-hydrogen) atoms. The van der Waals surface area contributed by atoms with E-state index < -0.39 is 0 Å². The Morgan fingerprint density at radius 3 is 2.33 bits per heavy atom. The molecule has 1 fully saturated rings. The summed E-state index contributed by atoms with van der Waals surface area (Å²) in [5.41, 5.74) is 4.21. The molecule has 0 radical (unpaired) electrons. The minimum absolute atomic E-state index is 0.0118. The number of carbonyl (C=O) groups is 1. The molecule has 3 rings (SSSR count). The van der Waals surface area contributed by atoms with Crippen LogP contribution < -0.4 is 0 Å². The van der Waals surface area contributed by atoms with Crippen molar-refractivity contribution in [3.05, 3.63) is 69.7 Å². The highest BCUT2D eigenvalue weighted by Gasteiger charge is 2.25. The van der Waals surface area contributed by atoms with Gasteiger partial charge in [0.1, 0.15) is 6.10 Å². The largest absolute Gasteiger partial charge is 0.459 e. The molecule has 4 heteroatoms. The minimum Gasteiger partial charge on any atom is -0.459 e. The number of aryl methyl sites for hydroxylation is 1.